The number of aryl methyl sites for hydroxylation is 1. The van der Waals surface area contributed by atoms with Crippen molar-refractivity contribution in [3.63, 3.8) is 0 Å². The van der Waals surface area contributed by atoms with Crippen LogP contribution in [0.4, 0.5) is 17.6 Å². The average Bonchev–Trinajstić information content (AvgIpc) is 2.43. The van der Waals surface area contributed by atoms with Crippen LogP contribution in [0.5, 0.6) is 5.75 Å². The van der Waals surface area contributed by atoms with Crippen LogP contribution in [0.2, 0.25) is 0 Å². The Kier molecular flexibility index (Phi) is 5.63. The van der Waals surface area contributed by atoms with Crippen molar-refractivity contribution in [2.45, 2.75) is 19.2 Å². The monoisotopic (exact) mass is 320 g/mol. The smallest absolute Gasteiger partial charge is 0.403 e. The number of hydrogen-bond acceptors (Lipinski definition) is 3. The molecule has 0 saturated carbocycles. The van der Waals surface area contributed by atoms with Gasteiger partial charge in [-0.05, 0) is 44.1 Å². The number of nitrogens with zero attached hydrogens (tertiary/aromatic N) is 2. The van der Waals surface area contributed by atoms with E-state index in [0.29, 0.717) is 12.0 Å². The molecule has 1 aromatic rings. The zero-order valence-electron chi connectivity index (χ0n) is 12.5. The van der Waals surface area contributed by atoms with Crippen molar-refractivity contribution in [1.29, 1.82) is 0 Å². The van der Waals surface area contributed by atoms with Crippen molar-refractivity contribution in [3.05, 3.63) is 29.6 Å². The molecule has 0 spiro atoms. The second kappa shape index (κ2) is 7.28. The fourth-order valence-electron chi connectivity index (χ4n) is 2.48. The Labute approximate surface area is 127 Å². The summed E-state index contributed by atoms with van der Waals surface area (Å²) in [7, 11) is 2.08. The maximum Gasteiger partial charge on any atom is 0.573 e. The van der Waals surface area contributed by atoms with Crippen LogP contribution in [-0.2, 0) is 6.42 Å². The third-order valence-electron chi connectivity index (χ3n) is 3.76. The van der Waals surface area contributed by atoms with Crippen LogP contribution in [0.1, 0.15) is 12.0 Å². The molecule has 0 N–H and O–H groups in total. The molecular weight excluding hydrogens is 300 g/mol. The molecule has 0 aromatic heterocycles. The van der Waals surface area contributed by atoms with Crippen molar-refractivity contribution < 1.29 is 22.3 Å². The Morgan fingerprint density at radius 1 is 1.14 bits per heavy atom. The lowest BCUT2D eigenvalue weighted by atomic mass is 10.1. The summed E-state index contributed by atoms with van der Waals surface area (Å²) < 4.78 is 53.5. The Hall–Kier alpha value is -1.34. The van der Waals surface area contributed by atoms with Crippen LogP contribution in [0, 0.1) is 5.82 Å². The number of rotatable bonds is 5. The second-order valence-electron chi connectivity index (χ2n) is 5.56. The molecule has 1 heterocycles. The van der Waals surface area contributed by atoms with Gasteiger partial charge in [0.05, 0.1) is 0 Å². The fraction of sp³-hybridized carbons (Fsp3) is 0.600. The molecule has 0 aliphatic carbocycles. The summed E-state index contributed by atoms with van der Waals surface area (Å²) in [5.41, 5.74) is 0.648. The number of likely N-dealkylation sites (N-methyl/N-ethyl adjacent to an activating group) is 1. The molecule has 1 aromatic carbocycles. The van der Waals surface area contributed by atoms with E-state index in [2.05, 4.69) is 21.6 Å². The first kappa shape index (κ1) is 17.0. The van der Waals surface area contributed by atoms with E-state index in [1.165, 1.54) is 6.07 Å². The zero-order valence-corrected chi connectivity index (χ0v) is 12.5. The SMILES string of the molecule is CN1CCN(CCCc2ccc(F)c(OC(F)(F)F)c2)CC1. The van der Waals surface area contributed by atoms with E-state index < -0.39 is 17.9 Å². The summed E-state index contributed by atoms with van der Waals surface area (Å²) in [6.45, 7) is 4.95. The predicted molar refractivity (Wildman–Crippen MR) is 75.3 cm³/mol. The van der Waals surface area contributed by atoms with Gasteiger partial charge >= 0.3 is 6.36 Å². The van der Waals surface area contributed by atoms with E-state index in [-0.39, 0.29) is 0 Å². The van der Waals surface area contributed by atoms with E-state index in [4.69, 9.17) is 0 Å². The first-order chi connectivity index (χ1) is 10.3. The molecule has 1 aliphatic heterocycles. The van der Waals surface area contributed by atoms with Crippen molar-refractivity contribution in [1.82, 2.24) is 9.80 Å². The summed E-state index contributed by atoms with van der Waals surface area (Å²) in [4.78, 5) is 4.59. The lowest BCUT2D eigenvalue weighted by molar-refractivity contribution is -0.275. The van der Waals surface area contributed by atoms with E-state index in [0.717, 1.165) is 51.3 Å². The van der Waals surface area contributed by atoms with E-state index in [1.54, 1.807) is 0 Å². The third-order valence-corrected chi connectivity index (χ3v) is 3.76. The van der Waals surface area contributed by atoms with Gasteiger partial charge in [0.1, 0.15) is 0 Å². The Bertz CT molecular complexity index is 485. The molecule has 0 atom stereocenters. The van der Waals surface area contributed by atoms with Gasteiger partial charge in [-0.2, -0.15) is 0 Å². The van der Waals surface area contributed by atoms with Crippen LogP contribution in [-0.4, -0.2) is 55.9 Å². The summed E-state index contributed by atoms with van der Waals surface area (Å²) in [5, 5.41) is 0. The highest BCUT2D eigenvalue weighted by Crippen LogP contribution is 2.26. The highest BCUT2D eigenvalue weighted by atomic mass is 19.4. The molecule has 1 aliphatic rings. The molecule has 2 rings (SSSR count). The Balaban J connectivity index is 1.84. The van der Waals surface area contributed by atoms with Gasteiger partial charge in [0.15, 0.2) is 11.6 Å². The topological polar surface area (TPSA) is 15.7 Å². The van der Waals surface area contributed by atoms with Crippen LogP contribution in [0.3, 0.4) is 0 Å². The number of alkyl halides is 3. The third kappa shape index (κ3) is 5.46. The highest BCUT2D eigenvalue weighted by molar-refractivity contribution is 5.30. The summed E-state index contributed by atoms with van der Waals surface area (Å²) in [6, 6.07) is 3.65. The summed E-state index contributed by atoms with van der Waals surface area (Å²) >= 11 is 0. The molecule has 0 amide bonds. The quantitative estimate of drug-likeness (QED) is 0.776. The molecule has 7 heteroatoms. The number of hydrogen-bond donors (Lipinski definition) is 0. The zero-order chi connectivity index (χ0) is 16.2. The minimum atomic E-state index is -4.88. The Morgan fingerprint density at radius 2 is 1.82 bits per heavy atom. The maximum absolute atomic E-state index is 13.3. The van der Waals surface area contributed by atoms with E-state index in [1.807, 2.05) is 0 Å². The largest absolute Gasteiger partial charge is 0.573 e. The normalized spacial score (nSPS) is 17.7. The molecule has 124 valence electrons. The van der Waals surface area contributed by atoms with Crippen molar-refractivity contribution in [2.24, 2.45) is 0 Å². The van der Waals surface area contributed by atoms with E-state index >= 15 is 0 Å². The van der Waals surface area contributed by atoms with Gasteiger partial charge in [-0.1, -0.05) is 6.07 Å². The lowest BCUT2D eigenvalue weighted by Crippen LogP contribution is -2.44. The van der Waals surface area contributed by atoms with Gasteiger partial charge in [-0.15, -0.1) is 13.2 Å². The molecule has 0 bridgehead atoms. The Morgan fingerprint density at radius 3 is 2.45 bits per heavy atom. The van der Waals surface area contributed by atoms with Crippen LogP contribution in [0.25, 0.3) is 0 Å². The van der Waals surface area contributed by atoms with Gasteiger partial charge < -0.3 is 14.5 Å². The fourth-order valence-corrected chi connectivity index (χ4v) is 2.48. The van der Waals surface area contributed by atoms with Gasteiger partial charge in [0, 0.05) is 26.2 Å². The molecule has 0 radical (unpaired) electrons. The molecule has 1 saturated heterocycles. The van der Waals surface area contributed by atoms with Crippen molar-refractivity contribution in [3.8, 4) is 5.75 Å². The second-order valence-corrected chi connectivity index (χ2v) is 5.56. The minimum absolute atomic E-state index is 0.598. The van der Waals surface area contributed by atoms with Crippen LogP contribution >= 0.6 is 0 Å². The van der Waals surface area contributed by atoms with Gasteiger partial charge in [0.2, 0.25) is 0 Å². The van der Waals surface area contributed by atoms with Gasteiger partial charge in [-0.3, -0.25) is 0 Å². The summed E-state index contributed by atoms with van der Waals surface area (Å²) in [5.74, 6) is -1.76. The first-order valence-corrected chi connectivity index (χ1v) is 7.28. The molecular formula is C15H20F4N2O. The number of benzene rings is 1. The van der Waals surface area contributed by atoms with Gasteiger partial charge in [0.25, 0.3) is 0 Å². The molecule has 22 heavy (non-hydrogen) atoms. The molecule has 1 fully saturated rings. The average molecular weight is 320 g/mol. The summed E-state index contributed by atoms with van der Waals surface area (Å²) in [6.07, 6.45) is -3.46. The van der Waals surface area contributed by atoms with Crippen LogP contribution in [0.15, 0.2) is 18.2 Å². The minimum Gasteiger partial charge on any atom is -0.403 e. The number of halogens is 4. The van der Waals surface area contributed by atoms with Gasteiger partial charge in [-0.25, -0.2) is 4.39 Å². The predicted octanol–water partition coefficient (Wildman–Crippen LogP) is 2.90. The number of ether oxygens (including phenoxy) is 1. The molecule has 0 unspecified atom stereocenters. The van der Waals surface area contributed by atoms with E-state index in [9.17, 15) is 17.6 Å². The first-order valence-electron chi connectivity index (χ1n) is 7.28. The number of piperazine rings is 1. The maximum atomic E-state index is 13.3. The lowest BCUT2D eigenvalue weighted by Gasteiger charge is -2.32. The standard InChI is InChI=1S/C15H20F4N2O/c1-20-7-9-21(10-8-20)6-2-3-12-4-5-13(16)14(11-12)22-15(17,18)19/h4-5,11H,2-3,6-10H2,1H3. The van der Waals surface area contributed by atoms with Crippen LogP contribution < -0.4 is 4.74 Å². The van der Waals surface area contributed by atoms with Crippen molar-refractivity contribution in [2.75, 3.05) is 39.8 Å². The highest BCUT2D eigenvalue weighted by Gasteiger charge is 2.32. The molecule has 3 nitrogen and oxygen atoms in total. The van der Waals surface area contributed by atoms with Crippen molar-refractivity contribution >= 4 is 0 Å².